The van der Waals surface area contributed by atoms with Gasteiger partial charge in [-0.3, -0.25) is 14.9 Å². The van der Waals surface area contributed by atoms with E-state index in [1.165, 1.54) is 6.20 Å². The van der Waals surface area contributed by atoms with Crippen LogP contribution < -0.4 is 5.32 Å². The number of phenolic OH excluding ortho intramolecular Hbond substituents is 1. The van der Waals surface area contributed by atoms with E-state index in [2.05, 4.69) is 15.5 Å². The van der Waals surface area contributed by atoms with Crippen LogP contribution >= 0.6 is 0 Å². The minimum absolute atomic E-state index is 0.0828. The number of benzene rings is 1. The van der Waals surface area contributed by atoms with E-state index in [4.69, 9.17) is 0 Å². The highest BCUT2D eigenvalue weighted by Gasteiger charge is 2.20. The summed E-state index contributed by atoms with van der Waals surface area (Å²) >= 11 is 0. The smallest absolute Gasteiger partial charge is 0.282 e. The Balaban J connectivity index is 2.17. The highest BCUT2D eigenvalue weighted by Crippen LogP contribution is 2.23. The maximum atomic E-state index is 11.9. The van der Waals surface area contributed by atoms with E-state index in [-0.39, 0.29) is 23.5 Å². The minimum atomic E-state index is -0.684. The molecule has 1 aromatic carbocycles. The number of nitro benzene ring substituents is 1. The molecule has 1 aromatic heterocycles. The maximum Gasteiger partial charge on any atom is 0.282 e. The normalized spacial score (nSPS) is 10.0. The third kappa shape index (κ3) is 3.05. The van der Waals surface area contributed by atoms with Crippen LogP contribution in [0.3, 0.4) is 0 Å². The molecule has 2 aromatic rings. The molecule has 1 heterocycles. The van der Waals surface area contributed by atoms with E-state index in [1.807, 2.05) is 0 Å². The van der Waals surface area contributed by atoms with Gasteiger partial charge in [0.1, 0.15) is 11.3 Å². The third-order valence-corrected chi connectivity index (χ3v) is 2.48. The molecule has 0 aliphatic heterocycles. The Morgan fingerprint density at radius 2 is 2.20 bits per heavy atom. The summed E-state index contributed by atoms with van der Waals surface area (Å²) in [6.07, 6.45) is 1.49. The molecule has 0 radical (unpaired) electrons. The Labute approximate surface area is 113 Å². The Morgan fingerprint density at radius 3 is 2.85 bits per heavy atom. The zero-order chi connectivity index (χ0) is 14.5. The Hall–Kier alpha value is -3.03. The second-order valence-electron chi connectivity index (χ2n) is 3.86. The fourth-order valence-electron chi connectivity index (χ4n) is 1.56. The van der Waals surface area contributed by atoms with Crippen LogP contribution in [0.5, 0.6) is 5.75 Å². The van der Waals surface area contributed by atoms with Crippen molar-refractivity contribution in [1.29, 1.82) is 0 Å². The zero-order valence-corrected chi connectivity index (χ0v) is 10.2. The number of hydrogen-bond donors (Lipinski definition) is 2. The van der Waals surface area contributed by atoms with E-state index in [0.717, 1.165) is 18.2 Å². The summed E-state index contributed by atoms with van der Waals surface area (Å²) in [7, 11) is 0. The highest BCUT2D eigenvalue weighted by atomic mass is 16.6. The summed E-state index contributed by atoms with van der Waals surface area (Å²) in [5.41, 5.74) is -0.0676. The summed E-state index contributed by atoms with van der Waals surface area (Å²) < 4.78 is 0. The van der Waals surface area contributed by atoms with Gasteiger partial charge in [0.2, 0.25) is 0 Å². The molecule has 20 heavy (non-hydrogen) atoms. The van der Waals surface area contributed by atoms with Crippen molar-refractivity contribution < 1.29 is 14.8 Å². The molecule has 2 rings (SSSR count). The molecule has 2 N–H and O–H groups in total. The summed E-state index contributed by atoms with van der Waals surface area (Å²) in [4.78, 5) is 22.1. The second-order valence-corrected chi connectivity index (χ2v) is 3.86. The van der Waals surface area contributed by atoms with E-state index in [1.54, 1.807) is 12.1 Å². The molecule has 0 unspecified atom stereocenters. The first-order valence-electron chi connectivity index (χ1n) is 5.60. The Kier molecular flexibility index (Phi) is 3.85. The van der Waals surface area contributed by atoms with Gasteiger partial charge in [0, 0.05) is 12.3 Å². The van der Waals surface area contributed by atoms with Crippen LogP contribution in [0.2, 0.25) is 0 Å². The van der Waals surface area contributed by atoms with Crippen LogP contribution in [-0.2, 0) is 6.54 Å². The molecule has 0 atom stereocenters. The summed E-state index contributed by atoms with van der Waals surface area (Å²) in [5.74, 6) is -0.890. The van der Waals surface area contributed by atoms with Crippen molar-refractivity contribution in [3.63, 3.8) is 0 Å². The number of rotatable bonds is 4. The number of hydrogen-bond acceptors (Lipinski definition) is 6. The lowest BCUT2D eigenvalue weighted by Crippen LogP contribution is -2.24. The monoisotopic (exact) mass is 274 g/mol. The number of amides is 1. The number of phenols is 1. The molecule has 0 saturated carbocycles. The largest absolute Gasteiger partial charge is 0.508 e. The summed E-state index contributed by atoms with van der Waals surface area (Å²) in [6.45, 7) is 0.0828. The van der Waals surface area contributed by atoms with Crippen LogP contribution in [0, 0.1) is 10.1 Å². The van der Waals surface area contributed by atoms with Crippen molar-refractivity contribution >= 4 is 11.6 Å². The number of nitrogens with zero attached hydrogens (tertiary/aromatic N) is 3. The molecule has 0 spiro atoms. The van der Waals surface area contributed by atoms with Gasteiger partial charge >= 0.3 is 0 Å². The number of aromatic nitrogens is 2. The molecule has 0 aliphatic rings. The first-order valence-corrected chi connectivity index (χ1v) is 5.60. The molecule has 0 saturated heterocycles. The number of nitro groups is 1. The van der Waals surface area contributed by atoms with Crippen LogP contribution in [0.1, 0.15) is 16.1 Å². The maximum absolute atomic E-state index is 11.9. The van der Waals surface area contributed by atoms with Crippen molar-refractivity contribution in [1.82, 2.24) is 15.5 Å². The fourth-order valence-corrected chi connectivity index (χ4v) is 1.56. The fraction of sp³-hybridized carbons (Fsp3) is 0.0833. The standard InChI is InChI=1S/C12H10N4O4/c17-9-3-4-11(16(19)20)10(6-9)12(18)13-7-8-2-1-5-14-15-8/h1-6,17H,7H2,(H,13,18). The number of carbonyl (C=O) groups is 1. The number of nitrogens with one attached hydrogen (secondary N) is 1. The van der Waals surface area contributed by atoms with E-state index < -0.39 is 10.8 Å². The van der Waals surface area contributed by atoms with Gasteiger partial charge in [0.25, 0.3) is 11.6 Å². The predicted molar refractivity (Wildman–Crippen MR) is 68.0 cm³/mol. The van der Waals surface area contributed by atoms with Crippen molar-refractivity contribution in [2.75, 3.05) is 0 Å². The number of aromatic hydroxyl groups is 1. The van der Waals surface area contributed by atoms with Crippen molar-refractivity contribution in [3.05, 3.63) is 57.9 Å². The third-order valence-electron chi connectivity index (χ3n) is 2.48. The number of carbonyl (C=O) groups excluding carboxylic acids is 1. The van der Waals surface area contributed by atoms with Gasteiger partial charge < -0.3 is 10.4 Å². The van der Waals surface area contributed by atoms with Crippen LogP contribution in [0.25, 0.3) is 0 Å². The SMILES string of the molecule is O=C(NCc1cccnn1)c1cc(O)ccc1[N+](=O)[O-]. The second kappa shape index (κ2) is 5.74. The Bertz CT molecular complexity index is 645. The molecular formula is C12H10N4O4. The summed E-state index contributed by atoms with van der Waals surface area (Å²) in [6, 6.07) is 6.59. The lowest BCUT2D eigenvalue weighted by Gasteiger charge is -2.05. The van der Waals surface area contributed by atoms with Gasteiger partial charge in [-0.15, -0.1) is 0 Å². The topological polar surface area (TPSA) is 118 Å². The van der Waals surface area contributed by atoms with Crippen molar-refractivity contribution in [2.24, 2.45) is 0 Å². The van der Waals surface area contributed by atoms with Gasteiger partial charge in [-0.25, -0.2) is 0 Å². The van der Waals surface area contributed by atoms with Crippen LogP contribution in [-0.4, -0.2) is 26.1 Å². The van der Waals surface area contributed by atoms with Gasteiger partial charge in [-0.1, -0.05) is 0 Å². The minimum Gasteiger partial charge on any atom is -0.508 e. The van der Waals surface area contributed by atoms with Crippen LogP contribution in [0.4, 0.5) is 5.69 Å². The van der Waals surface area contributed by atoms with E-state index in [9.17, 15) is 20.0 Å². The molecule has 8 heteroatoms. The Morgan fingerprint density at radius 1 is 1.40 bits per heavy atom. The zero-order valence-electron chi connectivity index (χ0n) is 10.2. The highest BCUT2D eigenvalue weighted by molar-refractivity contribution is 5.98. The molecule has 0 bridgehead atoms. The average Bonchev–Trinajstić information content (AvgIpc) is 2.45. The van der Waals surface area contributed by atoms with Gasteiger partial charge in [-0.2, -0.15) is 10.2 Å². The van der Waals surface area contributed by atoms with Crippen molar-refractivity contribution in [2.45, 2.75) is 6.54 Å². The predicted octanol–water partition coefficient (Wildman–Crippen LogP) is 1.02. The molecule has 0 aliphatic carbocycles. The first kappa shape index (κ1) is 13.4. The van der Waals surface area contributed by atoms with Crippen LogP contribution in [0.15, 0.2) is 36.5 Å². The molecule has 8 nitrogen and oxygen atoms in total. The van der Waals surface area contributed by atoms with Gasteiger partial charge in [0.05, 0.1) is 17.2 Å². The molecule has 1 amide bonds. The van der Waals surface area contributed by atoms with E-state index >= 15 is 0 Å². The molecular weight excluding hydrogens is 264 g/mol. The summed E-state index contributed by atoms with van der Waals surface area (Å²) in [5, 5.41) is 30.1. The van der Waals surface area contributed by atoms with Gasteiger partial charge in [0.15, 0.2) is 0 Å². The van der Waals surface area contributed by atoms with E-state index in [0.29, 0.717) is 5.69 Å². The lowest BCUT2D eigenvalue weighted by molar-refractivity contribution is -0.385. The van der Waals surface area contributed by atoms with Gasteiger partial charge in [-0.05, 0) is 24.3 Å². The molecule has 0 fully saturated rings. The molecule has 102 valence electrons. The van der Waals surface area contributed by atoms with Crippen molar-refractivity contribution in [3.8, 4) is 5.75 Å². The quantitative estimate of drug-likeness (QED) is 0.634. The average molecular weight is 274 g/mol. The lowest BCUT2D eigenvalue weighted by atomic mass is 10.1. The first-order chi connectivity index (χ1) is 9.58.